The van der Waals surface area contributed by atoms with E-state index in [1.54, 1.807) is 23.0 Å². The van der Waals surface area contributed by atoms with Gasteiger partial charge >= 0.3 is 10.1 Å². The van der Waals surface area contributed by atoms with Gasteiger partial charge in [0.25, 0.3) is 0 Å². The van der Waals surface area contributed by atoms with E-state index in [0.29, 0.717) is 22.8 Å². The predicted octanol–water partition coefficient (Wildman–Crippen LogP) is 1.14. The van der Waals surface area contributed by atoms with Crippen LogP contribution in [0.5, 0.6) is 11.5 Å². The molecule has 0 saturated heterocycles. The van der Waals surface area contributed by atoms with Crippen LogP contribution < -0.4 is 8.92 Å². The van der Waals surface area contributed by atoms with E-state index in [-0.39, 0.29) is 5.75 Å². The molecule has 0 radical (unpaired) electrons. The van der Waals surface area contributed by atoms with Crippen molar-refractivity contribution in [3.63, 3.8) is 0 Å². The van der Waals surface area contributed by atoms with Gasteiger partial charge in [-0.1, -0.05) is 0 Å². The van der Waals surface area contributed by atoms with Gasteiger partial charge in [-0.2, -0.15) is 8.42 Å². The molecule has 2 aromatic heterocycles. The first-order valence-corrected chi connectivity index (χ1v) is 8.00. The van der Waals surface area contributed by atoms with Crippen LogP contribution in [0.3, 0.4) is 0 Å². The molecule has 8 nitrogen and oxygen atoms in total. The molecule has 0 atom stereocenters. The average molecular weight is 320 g/mol. The molecule has 0 amide bonds. The van der Waals surface area contributed by atoms with Crippen molar-refractivity contribution in [2.75, 3.05) is 13.4 Å². The van der Waals surface area contributed by atoms with Gasteiger partial charge in [0.2, 0.25) is 5.78 Å². The fraction of sp³-hybridized carbons (Fsp3) is 0.154. The molecule has 0 bridgehead atoms. The van der Waals surface area contributed by atoms with Crippen LogP contribution in [-0.4, -0.2) is 41.1 Å². The van der Waals surface area contributed by atoms with Crippen LogP contribution in [0.25, 0.3) is 17.0 Å². The number of benzene rings is 1. The zero-order valence-corrected chi connectivity index (χ0v) is 12.6. The van der Waals surface area contributed by atoms with E-state index in [9.17, 15) is 8.42 Å². The summed E-state index contributed by atoms with van der Waals surface area (Å²) in [4.78, 5) is 12.3. The Morgan fingerprint density at radius 1 is 1.27 bits per heavy atom. The van der Waals surface area contributed by atoms with Gasteiger partial charge in [0.1, 0.15) is 24.2 Å². The third kappa shape index (κ3) is 2.84. The number of rotatable bonds is 4. The number of imidazole rings is 1. The van der Waals surface area contributed by atoms with Gasteiger partial charge in [-0.25, -0.2) is 15.0 Å². The van der Waals surface area contributed by atoms with Crippen LogP contribution in [0.1, 0.15) is 0 Å². The zero-order chi connectivity index (χ0) is 15.7. The van der Waals surface area contributed by atoms with Gasteiger partial charge in [0, 0.05) is 17.8 Å². The van der Waals surface area contributed by atoms with Crippen LogP contribution in [-0.2, 0) is 10.1 Å². The lowest BCUT2D eigenvalue weighted by Gasteiger charge is -2.09. The second kappa shape index (κ2) is 5.26. The van der Waals surface area contributed by atoms with Crippen molar-refractivity contribution >= 4 is 15.9 Å². The molecule has 114 valence electrons. The van der Waals surface area contributed by atoms with E-state index in [1.807, 2.05) is 0 Å². The molecule has 0 aliphatic heterocycles. The standard InChI is InChI=1S/C13H12N4O4S/c1-20-12-5-9(21-22(2,18)19)3-4-10(12)11-6-17-8-14-7-15-13(17)16-11/h3-8H,1-2H3. The van der Waals surface area contributed by atoms with Gasteiger partial charge in [-0.15, -0.1) is 0 Å². The van der Waals surface area contributed by atoms with Gasteiger partial charge in [-0.3, -0.25) is 4.40 Å². The molecule has 2 heterocycles. The first-order chi connectivity index (χ1) is 10.5. The maximum Gasteiger partial charge on any atom is 0.306 e. The smallest absolute Gasteiger partial charge is 0.306 e. The number of hydrogen-bond donors (Lipinski definition) is 0. The third-order valence-corrected chi connectivity index (χ3v) is 3.34. The number of ether oxygens (including phenoxy) is 1. The largest absolute Gasteiger partial charge is 0.496 e. The molecule has 0 fully saturated rings. The van der Waals surface area contributed by atoms with Crippen molar-refractivity contribution in [2.24, 2.45) is 0 Å². The first-order valence-electron chi connectivity index (χ1n) is 6.19. The molecule has 0 aliphatic carbocycles. The van der Waals surface area contributed by atoms with Crippen molar-refractivity contribution in [2.45, 2.75) is 0 Å². The van der Waals surface area contributed by atoms with E-state index < -0.39 is 10.1 Å². The van der Waals surface area contributed by atoms with Gasteiger partial charge < -0.3 is 8.92 Å². The fourth-order valence-electron chi connectivity index (χ4n) is 1.99. The molecule has 0 saturated carbocycles. The monoisotopic (exact) mass is 320 g/mol. The normalized spacial score (nSPS) is 11.5. The zero-order valence-electron chi connectivity index (χ0n) is 11.8. The van der Waals surface area contributed by atoms with Crippen molar-refractivity contribution in [3.8, 4) is 22.8 Å². The fourth-order valence-corrected chi connectivity index (χ4v) is 2.44. The highest BCUT2D eigenvalue weighted by Crippen LogP contribution is 2.33. The summed E-state index contributed by atoms with van der Waals surface area (Å²) < 4.78 is 34.2. The van der Waals surface area contributed by atoms with Crippen molar-refractivity contribution in [1.29, 1.82) is 0 Å². The van der Waals surface area contributed by atoms with Crippen LogP contribution >= 0.6 is 0 Å². The number of hydrogen-bond acceptors (Lipinski definition) is 7. The Bertz CT molecular complexity index is 903. The number of aromatic nitrogens is 4. The number of fused-ring (bicyclic) bond motifs is 1. The Hall–Kier alpha value is -2.68. The molecule has 0 aliphatic rings. The molecule has 3 aromatic rings. The minimum absolute atomic E-state index is 0.173. The minimum atomic E-state index is -3.59. The molecular formula is C13H12N4O4S. The molecule has 0 unspecified atom stereocenters. The molecule has 3 rings (SSSR count). The van der Waals surface area contributed by atoms with Crippen LogP contribution in [0, 0.1) is 0 Å². The summed E-state index contributed by atoms with van der Waals surface area (Å²) in [5, 5.41) is 0. The summed E-state index contributed by atoms with van der Waals surface area (Å²) >= 11 is 0. The Balaban J connectivity index is 2.06. The van der Waals surface area contributed by atoms with Crippen molar-refractivity contribution in [3.05, 3.63) is 37.1 Å². The average Bonchev–Trinajstić information content (AvgIpc) is 2.89. The number of methoxy groups -OCH3 is 1. The summed E-state index contributed by atoms with van der Waals surface area (Å²) in [5.74, 6) is 1.12. The lowest BCUT2D eigenvalue weighted by molar-refractivity contribution is 0.413. The highest BCUT2D eigenvalue weighted by molar-refractivity contribution is 7.86. The van der Waals surface area contributed by atoms with Crippen LogP contribution in [0.15, 0.2) is 37.1 Å². The van der Waals surface area contributed by atoms with E-state index in [2.05, 4.69) is 15.0 Å². The molecule has 9 heteroatoms. The highest BCUT2D eigenvalue weighted by atomic mass is 32.2. The van der Waals surface area contributed by atoms with E-state index in [1.165, 1.54) is 25.6 Å². The molecule has 1 aromatic carbocycles. The Morgan fingerprint density at radius 2 is 2.09 bits per heavy atom. The molecular weight excluding hydrogens is 308 g/mol. The van der Waals surface area contributed by atoms with Crippen molar-refractivity contribution < 1.29 is 17.3 Å². The van der Waals surface area contributed by atoms with Gasteiger partial charge in [-0.05, 0) is 12.1 Å². The Labute approximate surface area is 126 Å². The molecule has 0 N–H and O–H groups in total. The minimum Gasteiger partial charge on any atom is -0.496 e. The lowest BCUT2D eigenvalue weighted by Crippen LogP contribution is -2.05. The summed E-state index contributed by atoms with van der Waals surface area (Å²) in [6, 6.07) is 4.70. The lowest BCUT2D eigenvalue weighted by atomic mass is 10.1. The SMILES string of the molecule is COc1cc(OS(C)(=O)=O)ccc1-c1cn2cncnc2n1. The maximum atomic E-state index is 11.2. The molecule has 22 heavy (non-hydrogen) atoms. The van der Waals surface area contributed by atoms with E-state index in [4.69, 9.17) is 8.92 Å². The van der Waals surface area contributed by atoms with E-state index in [0.717, 1.165) is 6.26 Å². The summed E-state index contributed by atoms with van der Waals surface area (Å²) in [7, 11) is -2.11. The second-order valence-corrected chi connectivity index (χ2v) is 6.07. The van der Waals surface area contributed by atoms with Crippen molar-refractivity contribution in [1.82, 2.24) is 19.4 Å². The highest BCUT2D eigenvalue weighted by Gasteiger charge is 2.13. The summed E-state index contributed by atoms with van der Waals surface area (Å²) in [6.07, 6.45) is 5.73. The van der Waals surface area contributed by atoms with Gasteiger partial charge in [0.15, 0.2) is 0 Å². The second-order valence-electron chi connectivity index (χ2n) is 4.49. The quantitative estimate of drug-likeness (QED) is 0.665. The van der Waals surface area contributed by atoms with Crippen LogP contribution in [0.4, 0.5) is 0 Å². The Morgan fingerprint density at radius 3 is 2.77 bits per heavy atom. The predicted molar refractivity (Wildman–Crippen MR) is 78.2 cm³/mol. The molecule has 0 spiro atoms. The van der Waals surface area contributed by atoms with E-state index >= 15 is 0 Å². The van der Waals surface area contributed by atoms with Crippen LogP contribution in [0.2, 0.25) is 0 Å². The summed E-state index contributed by atoms with van der Waals surface area (Å²) in [6.45, 7) is 0. The maximum absolute atomic E-state index is 11.2. The Kier molecular flexibility index (Phi) is 3.41. The van der Waals surface area contributed by atoms with Gasteiger partial charge in [0.05, 0.1) is 19.1 Å². The number of nitrogens with zero attached hydrogens (tertiary/aromatic N) is 4. The first kappa shape index (κ1) is 14.3. The topological polar surface area (TPSA) is 95.7 Å². The summed E-state index contributed by atoms with van der Waals surface area (Å²) in [5.41, 5.74) is 1.32. The third-order valence-electron chi connectivity index (χ3n) is 2.84.